The van der Waals surface area contributed by atoms with Crippen molar-refractivity contribution in [1.82, 2.24) is 5.32 Å². The van der Waals surface area contributed by atoms with E-state index in [2.05, 4.69) is 10.6 Å². The number of carboxylic acids is 1. The quantitative estimate of drug-likeness (QED) is 0.735. The lowest BCUT2D eigenvalue weighted by molar-refractivity contribution is -0.142. The number of benzene rings is 1. The number of hydrogen-bond acceptors (Lipinski definition) is 3. The molecule has 2 rings (SSSR count). The summed E-state index contributed by atoms with van der Waals surface area (Å²) in [5, 5.41) is 13.3. The molecule has 0 spiro atoms. The molecular formula is C12H11F3N2O4. The Balaban J connectivity index is 2.00. The number of amides is 2. The molecule has 1 aromatic carbocycles. The zero-order chi connectivity index (χ0) is 15.6. The highest BCUT2D eigenvalue weighted by Crippen LogP contribution is 2.18. The summed E-state index contributed by atoms with van der Waals surface area (Å²) >= 11 is 0. The Labute approximate surface area is 116 Å². The Kier molecular flexibility index (Phi) is 4.32. The second-order valence-electron chi connectivity index (χ2n) is 4.44. The van der Waals surface area contributed by atoms with Gasteiger partial charge in [0.1, 0.15) is 5.92 Å². The van der Waals surface area contributed by atoms with Gasteiger partial charge in [-0.2, -0.15) is 0 Å². The van der Waals surface area contributed by atoms with E-state index in [1.165, 1.54) is 0 Å². The maximum atomic E-state index is 13.0. The number of rotatable bonds is 3. The molecule has 1 fully saturated rings. The zero-order valence-electron chi connectivity index (χ0n) is 10.5. The lowest BCUT2D eigenvalue weighted by Crippen LogP contribution is -2.44. The Hall–Kier alpha value is -2.29. The normalized spacial score (nSPS) is 21.1. The number of carbonyl (C=O) groups is 2. The number of nitrogens with one attached hydrogen (secondary N) is 2. The fourth-order valence-corrected chi connectivity index (χ4v) is 1.90. The van der Waals surface area contributed by atoms with Gasteiger partial charge in [0, 0.05) is 17.8 Å². The van der Waals surface area contributed by atoms with E-state index in [0.29, 0.717) is 12.1 Å². The molecule has 114 valence electrons. The molecule has 1 aromatic rings. The molecule has 0 aliphatic carbocycles. The maximum absolute atomic E-state index is 13.0. The fourth-order valence-electron chi connectivity index (χ4n) is 1.90. The minimum Gasteiger partial charge on any atom is -0.481 e. The van der Waals surface area contributed by atoms with Crippen LogP contribution in [0, 0.1) is 23.4 Å². The monoisotopic (exact) mass is 304 g/mol. The van der Waals surface area contributed by atoms with E-state index < -0.39 is 41.4 Å². The van der Waals surface area contributed by atoms with Gasteiger partial charge in [-0.3, -0.25) is 4.79 Å². The van der Waals surface area contributed by atoms with Crippen LogP contribution >= 0.6 is 0 Å². The van der Waals surface area contributed by atoms with Gasteiger partial charge in [-0.25, -0.2) is 18.0 Å². The van der Waals surface area contributed by atoms with Crippen molar-refractivity contribution >= 4 is 17.7 Å². The molecule has 1 aliphatic heterocycles. The van der Waals surface area contributed by atoms with E-state index in [1.807, 2.05) is 0 Å². The predicted octanol–water partition coefficient (Wildman–Crippen LogP) is 1.32. The fraction of sp³-hybridized carbons (Fsp3) is 0.333. The van der Waals surface area contributed by atoms with Crippen LogP contribution in [0.25, 0.3) is 0 Å². The zero-order valence-corrected chi connectivity index (χ0v) is 10.5. The van der Waals surface area contributed by atoms with E-state index in [4.69, 9.17) is 9.84 Å². The molecule has 0 bridgehead atoms. The lowest BCUT2D eigenvalue weighted by Gasteiger charge is -2.16. The first kappa shape index (κ1) is 15.1. The van der Waals surface area contributed by atoms with Crippen LogP contribution in [0.5, 0.6) is 0 Å². The Morgan fingerprint density at radius 2 is 1.81 bits per heavy atom. The van der Waals surface area contributed by atoms with Crippen molar-refractivity contribution in [2.45, 2.75) is 6.04 Å². The van der Waals surface area contributed by atoms with Crippen molar-refractivity contribution < 1.29 is 32.6 Å². The second kappa shape index (κ2) is 6.00. The van der Waals surface area contributed by atoms with E-state index in [0.717, 1.165) is 0 Å². The molecule has 3 N–H and O–H groups in total. The molecule has 0 saturated carbocycles. The highest BCUT2D eigenvalue weighted by molar-refractivity contribution is 5.90. The van der Waals surface area contributed by atoms with Crippen molar-refractivity contribution in [2.24, 2.45) is 5.92 Å². The summed E-state index contributed by atoms with van der Waals surface area (Å²) in [6, 6.07) is -0.421. The molecule has 0 aromatic heterocycles. The molecule has 2 amide bonds. The van der Waals surface area contributed by atoms with Gasteiger partial charge in [-0.1, -0.05) is 0 Å². The van der Waals surface area contributed by atoms with Gasteiger partial charge in [0.15, 0.2) is 17.5 Å². The van der Waals surface area contributed by atoms with Crippen molar-refractivity contribution in [1.29, 1.82) is 0 Å². The van der Waals surface area contributed by atoms with Gasteiger partial charge in [0.05, 0.1) is 19.3 Å². The molecule has 9 heteroatoms. The van der Waals surface area contributed by atoms with Gasteiger partial charge < -0.3 is 20.5 Å². The summed E-state index contributed by atoms with van der Waals surface area (Å²) in [5.74, 6) is -6.57. The third kappa shape index (κ3) is 3.43. The number of anilines is 1. The number of halogens is 3. The number of aliphatic carboxylic acids is 1. The summed E-state index contributed by atoms with van der Waals surface area (Å²) in [7, 11) is 0. The third-order valence-corrected chi connectivity index (χ3v) is 2.96. The third-order valence-electron chi connectivity index (χ3n) is 2.96. The van der Waals surface area contributed by atoms with Crippen LogP contribution in [-0.4, -0.2) is 36.4 Å². The number of urea groups is 1. The van der Waals surface area contributed by atoms with Crippen LogP contribution < -0.4 is 10.6 Å². The maximum Gasteiger partial charge on any atom is 0.319 e. The number of ether oxygens (including phenoxy) is 1. The van der Waals surface area contributed by atoms with Crippen molar-refractivity contribution in [2.75, 3.05) is 18.5 Å². The number of hydrogen-bond donors (Lipinski definition) is 3. The molecule has 1 heterocycles. The molecule has 0 radical (unpaired) electrons. The van der Waals surface area contributed by atoms with E-state index in [1.54, 1.807) is 0 Å². The second-order valence-corrected chi connectivity index (χ2v) is 4.44. The standard InChI is InChI=1S/C12H11F3N2O4/c13-7-1-5(2-8(14)10(7)15)16-12(20)17-9-4-21-3-6(9)11(18)19/h1-2,6,9H,3-4H2,(H,18,19)(H2,16,17,20). The Morgan fingerprint density at radius 3 is 2.38 bits per heavy atom. The van der Waals surface area contributed by atoms with Crippen LogP contribution in [-0.2, 0) is 9.53 Å². The van der Waals surface area contributed by atoms with Gasteiger partial charge >= 0.3 is 12.0 Å². The van der Waals surface area contributed by atoms with Crippen molar-refractivity contribution in [3.63, 3.8) is 0 Å². The summed E-state index contributed by atoms with van der Waals surface area (Å²) < 4.78 is 43.7. The molecule has 2 atom stereocenters. The number of carbonyl (C=O) groups excluding carboxylic acids is 1. The smallest absolute Gasteiger partial charge is 0.319 e. The van der Waals surface area contributed by atoms with Crippen molar-refractivity contribution in [3.8, 4) is 0 Å². The highest BCUT2D eigenvalue weighted by atomic mass is 19.2. The molecule has 6 nitrogen and oxygen atoms in total. The van der Waals surface area contributed by atoms with E-state index >= 15 is 0 Å². The predicted molar refractivity (Wildman–Crippen MR) is 64.2 cm³/mol. The summed E-state index contributed by atoms with van der Waals surface area (Å²) in [6.45, 7) is -0.0311. The summed E-state index contributed by atoms with van der Waals surface area (Å²) in [5.41, 5.74) is -0.297. The van der Waals surface area contributed by atoms with Gasteiger partial charge in [0.2, 0.25) is 0 Å². The Morgan fingerprint density at radius 1 is 1.19 bits per heavy atom. The van der Waals surface area contributed by atoms with Crippen LogP contribution in [0.4, 0.5) is 23.7 Å². The summed E-state index contributed by atoms with van der Waals surface area (Å²) in [6.07, 6.45) is 0. The van der Waals surface area contributed by atoms with Crippen LogP contribution in [0.15, 0.2) is 12.1 Å². The molecule has 1 saturated heterocycles. The lowest BCUT2D eigenvalue weighted by atomic mass is 10.0. The van der Waals surface area contributed by atoms with E-state index in [9.17, 15) is 22.8 Å². The largest absolute Gasteiger partial charge is 0.481 e. The first-order valence-electron chi connectivity index (χ1n) is 5.91. The first-order chi connectivity index (χ1) is 9.88. The SMILES string of the molecule is O=C(Nc1cc(F)c(F)c(F)c1)NC1COCC1C(=O)O. The van der Waals surface area contributed by atoms with Crippen LogP contribution in [0.1, 0.15) is 0 Å². The van der Waals surface area contributed by atoms with Gasteiger partial charge in [0.25, 0.3) is 0 Å². The average molecular weight is 304 g/mol. The molecule has 1 aliphatic rings. The molecule has 21 heavy (non-hydrogen) atoms. The van der Waals surface area contributed by atoms with Gasteiger partial charge in [-0.05, 0) is 0 Å². The van der Waals surface area contributed by atoms with Gasteiger partial charge in [-0.15, -0.1) is 0 Å². The van der Waals surface area contributed by atoms with Crippen LogP contribution in [0.2, 0.25) is 0 Å². The topological polar surface area (TPSA) is 87.7 Å². The first-order valence-corrected chi connectivity index (χ1v) is 5.91. The minimum atomic E-state index is -1.64. The molecular weight excluding hydrogens is 293 g/mol. The van der Waals surface area contributed by atoms with Crippen molar-refractivity contribution in [3.05, 3.63) is 29.6 Å². The highest BCUT2D eigenvalue weighted by Gasteiger charge is 2.35. The molecule has 2 unspecified atom stereocenters. The van der Waals surface area contributed by atoms with Crippen LogP contribution in [0.3, 0.4) is 0 Å². The minimum absolute atomic E-state index is 0.0104. The summed E-state index contributed by atoms with van der Waals surface area (Å²) in [4.78, 5) is 22.5. The number of carboxylic acid groups (broad SMARTS) is 1. The van der Waals surface area contributed by atoms with E-state index in [-0.39, 0.29) is 18.9 Å². The Bertz CT molecular complexity index is 559. The average Bonchev–Trinajstić information content (AvgIpc) is 2.83.